The molecule has 0 atom stereocenters. The van der Waals surface area contributed by atoms with Crippen molar-refractivity contribution >= 4 is 29.0 Å². The van der Waals surface area contributed by atoms with Crippen LogP contribution in [0.25, 0.3) is 0 Å². The second-order valence-corrected chi connectivity index (χ2v) is 6.32. The summed E-state index contributed by atoms with van der Waals surface area (Å²) in [4.78, 5) is 17.4. The lowest BCUT2D eigenvalue weighted by Crippen LogP contribution is -2.22. The van der Waals surface area contributed by atoms with Crippen molar-refractivity contribution in [2.45, 2.75) is 17.2 Å². The van der Waals surface area contributed by atoms with E-state index in [1.807, 2.05) is 41.2 Å². The minimum atomic E-state index is -0.104. The van der Waals surface area contributed by atoms with Crippen LogP contribution in [0.1, 0.15) is 21.8 Å². The smallest absolute Gasteiger partial charge is 0.251 e. The fourth-order valence-electron chi connectivity index (χ4n) is 1.85. The van der Waals surface area contributed by atoms with Crippen molar-refractivity contribution in [2.75, 3.05) is 0 Å². The van der Waals surface area contributed by atoms with E-state index in [2.05, 4.69) is 10.3 Å². The van der Waals surface area contributed by atoms with Gasteiger partial charge in [0.1, 0.15) is 5.76 Å². The number of benzene rings is 1. The summed E-state index contributed by atoms with van der Waals surface area (Å²) in [7, 11) is 0. The summed E-state index contributed by atoms with van der Waals surface area (Å²) in [5.74, 6) is 1.48. The van der Waals surface area contributed by atoms with Crippen molar-refractivity contribution < 1.29 is 9.21 Å². The van der Waals surface area contributed by atoms with Gasteiger partial charge in [-0.1, -0.05) is 0 Å². The van der Waals surface area contributed by atoms with Crippen molar-refractivity contribution in [1.29, 1.82) is 0 Å². The minimum absolute atomic E-state index is 0.104. The Morgan fingerprint density at radius 3 is 2.82 bits per heavy atom. The van der Waals surface area contributed by atoms with E-state index in [-0.39, 0.29) is 5.91 Å². The van der Waals surface area contributed by atoms with Crippen molar-refractivity contribution in [3.8, 4) is 0 Å². The maximum Gasteiger partial charge on any atom is 0.251 e. The van der Waals surface area contributed by atoms with Crippen LogP contribution in [0.4, 0.5) is 0 Å². The summed E-state index contributed by atoms with van der Waals surface area (Å²) in [6.07, 6.45) is 1.59. The Morgan fingerprint density at radius 1 is 1.27 bits per heavy atom. The number of rotatable bonds is 6. The predicted molar refractivity (Wildman–Crippen MR) is 88.0 cm³/mol. The summed E-state index contributed by atoms with van der Waals surface area (Å²) in [5, 5.41) is 4.87. The monoisotopic (exact) mass is 330 g/mol. The molecule has 0 spiro atoms. The number of amides is 1. The average molecular weight is 330 g/mol. The summed E-state index contributed by atoms with van der Waals surface area (Å²) in [6, 6.07) is 11.2. The lowest BCUT2D eigenvalue weighted by molar-refractivity contribution is 0.0948. The van der Waals surface area contributed by atoms with Gasteiger partial charge in [-0.3, -0.25) is 4.79 Å². The highest BCUT2D eigenvalue weighted by Gasteiger charge is 2.06. The number of thiazole rings is 1. The van der Waals surface area contributed by atoms with E-state index in [0.29, 0.717) is 12.1 Å². The van der Waals surface area contributed by atoms with E-state index in [9.17, 15) is 4.79 Å². The molecule has 0 radical (unpaired) electrons. The number of nitrogens with one attached hydrogen (secondary N) is 1. The van der Waals surface area contributed by atoms with Crippen molar-refractivity contribution in [3.05, 3.63) is 70.6 Å². The Bertz CT molecular complexity index is 707. The zero-order chi connectivity index (χ0) is 15.2. The van der Waals surface area contributed by atoms with Gasteiger partial charge in [-0.15, -0.1) is 23.1 Å². The first-order chi connectivity index (χ1) is 10.8. The Hall–Kier alpha value is -2.05. The highest BCUT2D eigenvalue weighted by molar-refractivity contribution is 7.98. The standard InChI is InChI=1S/C16H14N2O2S2/c19-16(17-8-14-2-1-7-20-14)12-3-5-15(6-4-12)22-10-13-9-21-11-18-13/h1-7,9,11H,8,10H2,(H,17,19). The SMILES string of the molecule is O=C(NCc1ccco1)c1ccc(SCc2cscn2)cc1. The largest absolute Gasteiger partial charge is 0.467 e. The first-order valence-corrected chi connectivity index (χ1v) is 8.64. The Balaban J connectivity index is 1.53. The molecule has 0 aliphatic heterocycles. The number of furan rings is 1. The fraction of sp³-hybridized carbons (Fsp3) is 0.125. The molecule has 0 unspecified atom stereocenters. The van der Waals surface area contributed by atoms with E-state index in [4.69, 9.17) is 4.42 Å². The van der Waals surface area contributed by atoms with Gasteiger partial charge in [-0.05, 0) is 36.4 Å². The van der Waals surface area contributed by atoms with Gasteiger partial charge in [0.05, 0.1) is 24.0 Å². The molecule has 22 heavy (non-hydrogen) atoms. The quantitative estimate of drug-likeness (QED) is 0.695. The maximum atomic E-state index is 12.0. The first kappa shape index (κ1) is 14.9. The van der Waals surface area contributed by atoms with Gasteiger partial charge in [0, 0.05) is 21.6 Å². The molecule has 4 nitrogen and oxygen atoms in total. The van der Waals surface area contributed by atoms with Crippen LogP contribution in [0.5, 0.6) is 0 Å². The Labute approximate surface area is 136 Å². The lowest BCUT2D eigenvalue weighted by atomic mass is 10.2. The third-order valence-corrected chi connectivity index (χ3v) is 4.67. The maximum absolute atomic E-state index is 12.0. The summed E-state index contributed by atoms with van der Waals surface area (Å²) in [5.41, 5.74) is 3.56. The number of hydrogen-bond donors (Lipinski definition) is 1. The molecule has 3 aromatic rings. The van der Waals surface area contributed by atoms with Crippen LogP contribution in [0, 0.1) is 0 Å². The molecule has 6 heteroatoms. The highest BCUT2D eigenvalue weighted by Crippen LogP contribution is 2.23. The first-order valence-electron chi connectivity index (χ1n) is 6.72. The molecule has 2 heterocycles. The summed E-state index contributed by atoms with van der Waals surface area (Å²) >= 11 is 3.31. The molecule has 0 saturated heterocycles. The molecule has 0 fully saturated rings. The number of aromatic nitrogens is 1. The average Bonchev–Trinajstić information content (AvgIpc) is 3.24. The van der Waals surface area contributed by atoms with E-state index in [1.54, 1.807) is 35.4 Å². The van der Waals surface area contributed by atoms with Crippen LogP contribution in [-0.4, -0.2) is 10.9 Å². The molecule has 1 aromatic carbocycles. The fourth-order valence-corrected chi connectivity index (χ4v) is 3.32. The van der Waals surface area contributed by atoms with Gasteiger partial charge in [-0.25, -0.2) is 4.98 Å². The topological polar surface area (TPSA) is 55.1 Å². The third kappa shape index (κ3) is 3.99. The Kier molecular flexibility index (Phi) is 4.92. The van der Waals surface area contributed by atoms with Gasteiger partial charge in [0.25, 0.3) is 5.91 Å². The van der Waals surface area contributed by atoms with Crippen LogP contribution < -0.4 is 5.32 Å². The lowest BCUT2D eigenvalue weighted by Gasteiger charge is -2.05. The van der Waals surface area contributed by atoms with Gasteiger partial charge >= 0.3 is 0 Å². The van der Waals surface area contributed by atoms with E-state index >= 15 is 0 Å². The van der Waals surface area contributed by atoms with Gasteiger partial charge in [0.2, 0.25) is 0 Å². The van der Waals surface area contributed by atoms with E-state index in [0.717, 1.165) is 22.1 Å². The molecule has 3 rings (SSSR count). The molecular weight excluding hydrogens is 316 g/mol. The second kappa shape index (κ2) is 7.29. The summed E-state index contributed by atoms with van der Waals surface area (Å²) < 4.78 is 5.18. The zero-order valence-corrected chi connectivity index (χ0v) is 13.3. The van der Waals surface area contributed by atoms with Crippen molar-refractivity contribution in [2.24, 2.45) is 0 Å². The molecule has 0 aliphatic carbocycles. The molecule has 0 bridgehead atoms. The zero-order valence-electron chi connectivity index (χ0n) is 11.7. The number of nitrogens with zero attached hydrogens (tertiary/aromatic N) is 1. The minimum Gasteiger partial charge on any atom is -0.467 e. The van der Waals surface area contributed by atoms with Crippen LogP contribution in [0.3, 0.4) is 0 Å². The molecule has 112 valence electrons. The van der Waals surface area contributed by atoms with Crippen LogP contribution in [0.15, 0.2) is 62.9 Å². The highest BCUT2D eigenvalue weighted by atomic mass is 32.2. The number of carbonyl (C=O) groups is 1. The molecule has 0 aliphatic rings. The van der Waals surface area contributed by atoms with E-state index < -0.39 is 0 Å². The number of hydrogen-bond acceptors (Lipinski definition) is 5. The van der Waals surface area contributed by atoms with Crippen molar-refractivity contribution in [3.63, 3.8) is 0 Å². The van der Waals surface area contributed by atoms with Gasteiger partial charge in [-0.2, -0.15) is 0 Å². The third-order valence-electron chi connectivity index (χ3n) is 2.99. The number of thioether (sulfide) groups is 1. The van der Waals surface area contributed by atoms with E-state index in [1.165, 1.54) is 0 Å². The number of carbonyl (C=O) groups excluding carboxylic acids is 1. The molecule has 2 aromatic heterocycles. The molecular formula is C16H14N2O2S2. The second-order valence-electron chi connectivity index (χ2n) is 4.55. The van der Waals surface area contributed by atoms with Crippen LogP contribution in [-0.2, 0) is 12.3 Å². The molecule has 1 amide bonds. The summed E-state index contributed by atoms with van der Waals surface area (Å²) in [6.45, 7) is 0.395. The molecule has 0 saturated carbocycles. The molecule has 1 N–H and O–H groups in total. The normalized spacial score (nSPS) is 10.5. The Morgan fingerprint density at radius 2 is 2.14 bits per heavy atom. The van der Waals surface area contributed by atoms with Gasteiger partial charge < -0.3 is 9.73 Å². The predicted octanol–water partition coefficient (Wildman–Crippen LogP) is 3.96. The van der Waals surface area contributed by atoms with Crippen LogP contribution >= 0.6 is 23.1 Å². The van der Waals surface area contributed by atoms with Gasteiger partial charge in [0.15, 0.2) is 0 Å². The van der Waals surface area contributed by atoms with Crippen LogP contribution in [0.2, 0.25) is 0 Å². The van der Waals surface area contributed by atoms with Crippen molar-refractivity contribution in [1.82, 2.24) is 10.3 Å².